The molecule has 0 aliphatic heterocycles. The summed E-state index contributed by atoms with van der Waals surface area (Å²) in [5.74, 6) is -1.63. The van der Waals surface area contributed by atoms with Crippen molar-refractivity contribution in [2.24, 2.45) is 5.92 Å². The average Bonchev–Trinajstić information content (AvgIpc) is 3.07. The van der Waals surface area contributed by atoms with Gasteiger partial charge in [-0.1, -0.05) is 6.92 Å². The van der Waals surface area contributed by atoms with Crippen molar-refractivity contribution < 1.29 is 19.2 Å². The number of amides is 1. The number of carbonyl (C=O) groups excluding carboxylic acids is 2. The topological polar surface area (TPSA) is 98.5 Å². The van der Waals surface area contributed by atoms with Crippen LogP contribution in [0.2, 0.25) is 0 Å². The van der Waals surface area contributed by atoms with Crippen LogP contribution in [0.1, 0.15) is 26.7 Å². The lowest BCUT2D eigenvalue weighted by molar-refractivity contribution is -0.497. The van der Waals surface area contributed by atoms with E-state index >= 15 is 0 Å². The van der Waals surface area contributed by atoms with Gasteiger partial charge in [-0.2, -0.15) is 0 Å². The van der Waals surface area contributed by atoms with E-state index in [2.05, 4.69) is 10.1 Å². The summed E-state index contributed by atoms with van der Waals surface area (Å²) in [5.41, 5.74) is -1.12. The molecule has 1 rings (SSSR count). The highest BCUT2D eigenvalue weighted by atomic mass is 16.6. The summed E-state index contributed by atoms with van der Waals surface area (Å²) >= 11 is 0. The molecule has 0 radical (unpaired) electrons. The number of esters is 1. The molecule has 1 aliphatic carbocycles. The minimum Gasteiger partial charge on any atom is -0.467 e. The van der Waals surface area contributed by atoms with Gasteiger partial charge in [0.25, 0.3) is 0 Å². The van der Waals surface area contributed by atoms with Crippen LogP contribution in [0.15, 0.2) is 0 Å². The highest BCUT2D eigenvalue weighted by molar-refractivity contribution is 5.90. The third-order valence-electron chi connectivity index (χ3n) is 3.11. The van der Waals surface area contributed by atoms with Crippen LogP contribution in [-0.4, -0.2) is 35.5 Å². The molecule has 0 heterocycles. The van der Waals surface area contributed by atoms with Gasteiger partial charge in [0.1, 0.15) is 11.5 Å². The highest BCUT2D eigenvalue weighted by Gasteiger charge is 2.54. The molecule has 0 aromatic carbocycles. The van der Waals surface area contributed by atoms with Crippen molar-refractivity contribution in [3.05, 3.63) is 10.1 Å². The maximum Gasteiger partial charge on any atom is 0.331 e. The van der Waals surface area contributed by atoms with Gasteiger partial charge in [0.05, 0.1) is 7.11 Å². The minimum atomic E-state index is -1.12. The van der Waals surface area contributed by atoms with Crippen molar-refractivity contribution in [3.8, 4) is 0 Å². The second-order valence-electron chi connectivity index (χ2n) is 4.36. The highest BCUT2D eigenvalue weighted by Crippen LogP contribution is 2.33. The van der Waals surface area contributed by atoms with Gasteiger partial charge in [-0.3, -0.25) is 14.9 Å². The Bertz CT molecular complexity index is 357. The van der Waals surface area contributed by atoms with Crippen LogP contribution in [0.5, 0.6) is 0 Å². The Morgan fingerprint density at radius 1 is 1.59 bits per heavy atom. The predicted molar refractivity (Wildman–Crippen MR) is 57.7 cm³/mol. The zero-order chi connectivity index (χ0) is 13.2. The summed E-state index contributed by atoms with van der Waals surface area (Å²) in [6.45, 7) is 3.27. The van der Waals surface area contributed by atoms with Gasteiger partial charge >= 0.3 is 5.97 Å². The van der Waals surface area contributed by atoms with Crippen molar-refractivity contribution in [1.29, 1.82) is 0 Å². The molecule has 0 bridgehead atoms. The smallest absolute Gasteiger partial charge is 0.331 e. The number of methoxy groups -OCH3 is 1. The molecular weight excluding hydrogens is 228 g/mol. The summed E-state index contributed by atoms with van der Waals surface area (Å²) in [4.78, 5) is 33.1. The number of carbonyl (C=O) groups is 2. The summed E-state index contributed by atoms with van der Waals surface area (Å²) in [5, 5.41) is 13.0. The molecular formula is C10H16N2O5. The third-order valence-corrected chi connectivity index (χ3v) is 3.11. The monoisotopic (exact) mass is 244 g/mol. The molecule has 17 heavy (non-hydrogen) atoms. The number of nitrogens with one attached hydrogen (secondary N) is 1. The van der Waals surface area contributed by atoms with Crippen LogP contribution in [0, 0.1) is 16.0 Å². The Labute approximate surface area is 98.7 Å². The quantitative estimate of drug-likeness (QED) is 0.420. The fraction of sp³-hybridized carbons (Fsp3) is 0.800. The molecule has 1 fully saturated rings. The fourth-order valence-corrected chi connectivity index (χ4v) is 1.57. The van der Waals surface area contributed by atoms with Gasteiger partial charge in [-0.05, 0) is 13.3 Å². The van der Waals surface area contributed by atoms with E-state index < -0.39 is 34.3 Å². The summed E-state index contributed by atoms with van der Waals surface area (Å²) in [6, 6.07) is -0.811. The average molecular weight is 244 g/mol. The molecule has 0 spiro atoms. The molecule has 1 saturated carbocycles. The van der Waals surface area contributed by atoms with Crippen molar-refractivity contribution in [2.45, 2.75) is 38.3 Å². The van der Waals surface area contributed by atoms with E-state index in [1.54, 1.807) is 13.8 Å². The van der Waals surface area contributed by atoms with E-state index in [0.717, 1.165) is 0 Å². The zero-order valence-electron chi connectivity index (χ0n) is 10.1. The molecule has 0 unspecified atom stereocenters. The number of rotatable bonds is 5. The molecule has 0 aromatic heterocycles. The molecule has 3 atom stereocenters. The molecule has 0 aromatic rings. The van der Waals surface area contributed by atoms with Gasteiger partial charge in [0.15, 0.2) is 0 Å². The fourth-order valence-electron chi connectivity index (χ4n) is 1.57. The molecule has 7 nitrogen and oxygen atoms in total. The van der Waals surface area contributed by atoms with Crippen molar-refractivity contribution in [3.63, 3.8) is 0 Å². The number of ether oxygens (including phenoxy) is 1. The largest absolute Gasteiger partial charge is 0.467 e. The molecule has 0 saturated heterocycles. The van der Waals surface area contributed by atoms with Gasteiger partial charge < -0.3 is 10.1 Å². The Balaban J connectivity index is 2.61. The van der Waals surface area contributed by atoms with Crippen LogP contribution >= 0.6 is 0 Å². The van der Waals surface area contributed by atoms with Crippen LogP contribution in [0.4, 0.5) is 0 Å². The van der Waals surface area contributed by atoms with E-state index in [4.69, 9.17) is 0 Å². The lowest BCUT2D eigenvalue weighted by Gasteiger charge is -2.26. The molecule has 7 heteroatoms. The first-order valence-corrected chi connectivity index (χ1v) is 5.39. The van der Waals surface area contributed by atoms with E-state index in [-0.39, 0.29) is 6.42 Å². The SMILES string of the molecule is CC[C@](C)(NC(=O)[C@H]1C[C@H]1[N+](=O)[O-])C(=O)OC. The Hall–Kier alpha value is -1.66. The molecule has 96 valence electrons. The van der Waals surface area contributed by atoms with Crippen LogP contribution in [0.3, 0.4) is 0 Å². The van der Waals surface area contributed by atoms with Crippen LogP contribution in [0.25, 0.3) is 0 Å². The Morgan fingerprint density at radius 2 is 2.18 bits per heavy atom. The molecule has 1 amide bonds. The molecule has 1 N–H and O–H groups in total. The second-order valence-corrected chi connectivity index (χ2v) is 4.36. The first-order valence-electron chi connectivity index (χ1n) is 5.39. The van der Waals surface area contributed by atoms with Crippen LogP contribution < -0.4 is 5.32 Å². The van der Waals surface area contributed by atoms with Crippen molar-refractivity contribution in [1.82, 2.24) is 5.32 Å². The summed E-state index contributed by atoms with van der Waals surface area (Å²) in [6.07, 6.45) is 0.598. The van der Waals surface area contributed by atoms with E-state index in [1.165, 1.54) is 7.11 Å². The lowest BCUT2D eigenvalue weighted by atomic mass is 9.99. The third kappa shape index (κ3) is 2.72. The number of nitro groups is 1. The van der Waals surface area contributed by atoms with Crippen molar-refractivity contribution in [2.75, 3.05) is 7.11 Å². The second kappa shape index (κ2) is 4.68. The number of nitrogens with zero attached hydrogens (tertiary/aromatic N) is 1. The summed E-state index contributed by atoms with van der Waals surface area (Å²) in [7, 11) is 1.24. The van der Waals surface area contributed by atoms with E-state index in [9.17, 15) is 19.7 Å². The number of hydrogen-bond acceptors (Lipinski definition) is 5. The lowest BCUT2D eigenvalue weighted by Crippen LogP contribution is -2.53. The first kappa shape index (κ1) is 13.4. The van der Waals surface area contributed by atoms with E-state index in [1.807, 2.05) is 0 Å². The summed E-state index contributed by atoms with van der Waals surface area (Å²) < 4.78 is 4.59. The maximum atomic E-state index is 11.7. The first-order chi connectivity index (χ1) is 7.85. The maximum absolute atomic E-state index is 11.7. The van der Waals surface area contributed by atoms with Crippen molar-refractivity contribution >= 4 is 11.9 Å². The Kier molecular flexibility index (Phi) is 3.69. The minimum absolute atomic E-state index is 0.236. The molecule has 1 aliphatic rings. The standard InChI is InChI=1S/C10H16N2O5/c1-4-10(2,9(14)17-3)11-8(13)6-5-7(6)12(15)16/h6-7H,4-5H2,1-3H3,(H,11,13)/t6-,7+,10-/m0/s1. The zero-order valence-corrected chi connectivity index (χ0v) is 10.1. The van der Waals surface area contributed by atoms with Gasteiger partial charge in [0, 0.05) is 11.3 Å². The van der Waals surface area contributed by atoms with Gasteiger partial charge in [-0.15, -0.1) is 0 Å². The van der Waals surface area contributed by atoms with Gasteiger partial charge in [-0.25, -0.2) is 4.79 Å². The van der Waals surface area contributed by atoms with E-state index in [0.29, 0.717) is 6.42 Å². The van der Waals surface area contributed by atoms with Crippen LogP contribution in [-0.2, 0) is 14.3 Å². The normalized spacial score (nSPS) is 25.6. The van der Waals surface area contributed by atoms with Gasteiger partial charge in [0.2, 0.25) is 11.9 Å². The predicted octanol–water partition coefficient (Wildman–Crippen LogP) is 0.110. The number of hydrogen-bond donors (Lipinski definition) is 1. The Morgan fingerprint density at radius 3 is 2.53 bits per heavy atom.